The number of nitro groups is 1. The standard InChI is InChI=1S/C19H27NO6/c1-4-6-17(14(2)3)26-19(22)10-9-18(21)25-12-11-15-7-5-8-16(13-15)20(23)24/h5,7-8,13-14,17H,4,6,9-12H2,1-3H3. The van der Waals surface area contributed by atoms with E-state index in [0.29, 0.717) is 12.0 Å². The highest BCUT2D eigenvalue weighted by atomic mass is 16.6. The topological polar surface area (TPSA) is 95.7 Å². The van der Waals surface area contributed by atoms with E-state index in [0.717, 1.165) is 12.8 Å². The van der Waals surface area contributed by atoms with Gasteiger partial charge in [-0.15, -0.1) is 0 Å². The van der Waals surface area contributed by atoms with Gasteiger partial charge in [0, 0.05) is 18.6 Å². The summed E-state index contributed by atoms with van der Waals surface area (Å²) in [7, 11) is 0. The van der Waals surface area contributed by atoms with Gasteiger partial charge in [-0.2, -0.15) is 0 Å². The van der Waals surface area contributed by atoms with Gasteiger partial charge in [-0.3, -0.25) is 19.7 Å². The molecular weight excluding hydrogens is 338 g/mol. The molecule has 0 aliphatic heterocycles. The minimum Gasteiger partial charge on any atom is -0.465 e. The van der Waals surface area contributed by atoms with Crippen LogP contribution in [0.15, 0.2) is 24.3 Å². The lowest BCUT2D eigenvalue weighted by Gasteiger charge is -2.20. The first-order valence-electron chi connectivity index (χ1n) is 8.92. The number of nitrogens with zero attached hydrogens (tertiary/aromatic N) is 1. The summed E-state index contributed by atoms with van der Waals surface area (Å²) in [5, 5.41) is 10.7. The molecule has 144 valence electrons. The summed E-state index contributed by atoms with van der Waals surface area (Å²) in [4.78, 5) is 33.8. The number of benzene rings is 1. The SMILES string of the molecule is CCCC(OC(=O)CCC(=O)OCCc1cccc([N+](=O)[O-])c1)C(C)C. The van der Waals surface area contributed by atoms with Gasteiger partial charge in [0.2, 0.25) is 0 Å². The molecule has 26 heavy (non-hydrogen) atoms. The molecule has 0 amide bonds. The summed E-state index contributed by atoms with van der Waals surface area (Å²) in [5.41, 5.74) is 0.717. The molecule has 0 aliphatic rings. The van der Waals surface area contributed by atoms with Crippen molar-refractivity contribution in [2.75, 3.05) is 6.61 Å². The molecule has 1 atom stereocenters. The van der Waals surface area contributed by atoms with Crippen molar-refractivity contribution in [1.29, 1.82) is 0 Å². The molecule has 0 N–H and O–H groups in total. The van der Waals surface area contributed by atoms with Crippen LogP contribution in [-0.4, -0.2) is 29.6 Å². The van der Waals surface area contributed by atoms with Gasteiger partial charge in [0.25, 0.3) is 5.69 Å². The summed E-state index contributed by atoms with van der Waals surface area (Å²) in [6, 6.07) is 6.18. The first kappa shape index (κ1) is 21.6. The Morgan fingerprint density at radius 3 is 2.50 bits per heavy atom. The van der Waals surface area contributed by atoms with Gasteiger partial charge in [0.05, 0.1) is 24.4 Å². The van der Waals surface area contributed by atoms with Gasteiger partial charge >= 0.3 is 11.9 Å². The monoisotopic (exact) mass is 365 g/mol. The molecular formula is C19H27NO6. The fourth-order valence-corrected chi connectivity index (χ4v) is 2.43. The Balaban J connectivity index is 2.31. The second-order valence-electron chi connectivity index (χ2n) is 6.46. The number of hydrogen-bond acceptors (Lipinski definition) is 6. The number of rotatable bonds is 11. The summed E-state index contributed by atoms with van der Waals surface area (Å²) in [6.07, 6.45) is 1.93. The molecule has 0 aliphatic carbocycles. The molecule has 0 aromatic heterocycles. The quantitative estimate of drug-likeness (QED) is 0.336. The van der Waals surface area contributed by atoms with E-state index in [2.05, 4.69) is 0 Å². The Labute approximate surface area is 153 Å². The summed E-state index contributed by atoms with van der Waals surface area (Å²) in [5.74, 6) is -0.641. The largest absolute Gasteiger partial charge is 0.465 e. The van der Waals surface area contributed by atoms with E-state index in [1.807, 2.05) is 20.8 Å². The molecule has 1 aromatic rings. The smallest absolute Gasteiger partial charge is 0.306 e. The summed E-state index contributed by atoms with van der Waals surface area (Å²) >= 11 is 0. The third-order valence-corrected chi connectivity index (χ3v) is 3.91. The van der Waals surface area contributed by atoms with Crippen molar-refractivity contribution >= 4 is 17.6 Å². The van der Waals surface area contributed by atoms with E-state index in [9.17, 15) is 19.7 Å². The maximum atomic E-state index is 11.8. The van der Waals surface area contributed by atoms with Crippen LogP contribution in [0.25, 0.3) is 0 Å². The molecule has 0 saturated carbocycles. The van der Waals surface area contributed by atoms with E-state index in [1.165, 1.54) is 12.1 Å². The lowest BCUT2D eigenvalue weighted by molar-refractivity contribution is -0.384. The lowest BCUT2D eigenvalue weighted by Crippen LogP contribution is -2.24. The first-order valence-corrected chi connectivity index (χ1v) is 8.92. The molecule has 1 aromatic carbocycles. The Kier molecular flexibility index (Phi) is 9.33. The number of hydrogen-bond donors (Lipinski definition) is 0. The van der Waals surface area contributed by atoms with Crippen LogP contribution >= 0.6 is 0 Å². The van der Waals surface area contributed by atoms with Gasteiger partial charge in [-0.25, -0.2) is 0 Å². The number of esters is 2. The van der Waals surface area contributed by atoms with Crippen molar-refractivity contribution < 1.29 is 24.0 Å². The van der Waals surface area contributed by atoms with Crippen LogP contribution in [0.4, 0.5) is 5.69 Å². The van der Waals surface area contributed by atoms with Crippen molar-refractivity contribution in [2.24, 2.45) is 5.92 Å². The predicted octanol–water partition coefficient (Wildman–Crippen LogP) is 3.83. The third-order valence-electron chi connectivity index (χ3n) is 3.91. The van der Waals surface area contributed by atoms with Crippen molar-refractivity contribution in [3.63, 3.8) is 0 Å². The molecule has 0 fully saturated rings. The second kappa shape index (κ2) is 11.2. The van der Waals surface area contributed by atoms with Gasteiger partial charge in [-0.05, 0) is 17.9 Å². The minimum atomic E-state index is -0.482. The Bertz CT molecular complexity index is 614. The number of non-ortho nitro benzene ring substituents is 1. The summed E-state index contributed by atoms with van der Waals surface area (Å²) < 4.78 is 10.5. The zero-order chi connectivity index (χ0) is 19.5. The molecule has 7 nitrogen and oxygen atoms in total. The van der Waals surface area contributed by atoms with Gasteiger partial charge in [0.1, 0.15) is 6.10 Å². The number of nitro benzene ring substituents is 1. The second-order valence-corrected chi connectivity index (χ2v) is 6.46. The predicted molar refractivity (Wildman–Crippen MR) is 96.6 cm³/mol. The van der Waals surface area contributed by atoms with Crippen molar-refractivity contribution in [1.82, 2.24) is 0 Å². The maximum Gasteiger partial charge on any atom is 0.306 e. The van der Waals surface area contributed by atoms with Gasteiger partial charge in [0.15, 0.2) is 0 Å². The number of carbonyl (C=O) groups is 2. The Morgan fingerprint density at radius 2 is 1.88 bits per heavy atom. The molecule has 0 bridgehead atoms. The summed E-state index contributed by atoms with van der Waals surface area (Å²) in [6.45, 7) is 6.13. The number of ether oxygens (including phenoxy) is 2. The van der Waals surface area contributed by atoms with Crippen LogP contribution in [0.3, 0.4) is 0 Å². The third kappa shape index (κ3) is 8.09. The zero-order valence-electron chi connectivity index (χ0n) is 15.6. The normalized spacial score (nSPS) is 11.8. The van der Waals surface area contributed by atoms with Gasteiger partial charge in [-0.1, -0.05) is 39.3 Å². The highest BCUT2D eigenvalue weighted by Gasteiger charge is 2.18. The van der Waals surface area contributed by atoms with E-state index in [-0.39, 0.29) is 37.2 Å². The maximum absolute atomic E-state index is 11.8. The van der Waals surface area contributed by atoms with Crippen molar-refractivity contribution in [2.45, 2.75) is 59.0 Å². The van der Waals surface area contributed by atoms with Crippen LogP contribution in [0.5, 0.6) is 0 Å². The fraction of sp³-hybridized carbons (Fsp3) is 0.579. The highest BCUT2D eigenvalue weighted by molar-refractivity contribution is 5.77. The fourth-order valence-electron chi connectivity index (χ4n) is 2.43. The van der Waals surface area contributed by atoms with Crippen LogP contribution in [0, 0.1) is 16.0 Å². The van der Waals surface area contributed by atoms with Crippen LogP contribution in [0.2, 0.25) is 0 Å². The van der Waals surface area contributed by atoms with E-state index < -0.39 is 16.9 Å². The van der Waals surface area contributed by atoms with Crippen molar-refractivity contribution in [3.8, 4) is 0 Å². The average Bonchev–Trinajstić information content (AvgIpc) is 2.59. The molecule has 7 heteroatoms. The van der Waals surface area contributed by atoms with Gasteiger partial charge < -0.3 is 9.47 Å². The van der Waals surface area contributed by atoms with Crippen LogP contribution < -0.4 is 0 Å². The van der Waals surface area contributed by atoms with Crippen LogP contribution in [0.1, 0.15) is 52.0 Å². The molecule has 1 rings (SSSR count). The lowest BCUT2D eigenvalue weighted by atomic mass is 10.0. The molecule has 1 unspecified atom stereocenters. The van der Waals surface area contributed by atoms with E-state index >= 15 is 0 Å². The Morgan fingerprint density at radius 1 is 1.19 bits per heavy atom. The van der Waals surface area contributed by atoms with E-state index in [1.54, 1.807) is 12.1 Å². The molecule has 0 radical (unpaired) electrons. The van der Waals surface area contributed by atoms with Crippen LogP contribution in [-0.2, 0) is 25.5 Å². The minimum absolute atomic E-state index is 0.00311. The molecule has 0 saturated heterocycles. The Hall–Kier alpha value is -2.44. The number of carbonyl (C=O) groups excluding carboxylic acids is 2. The highest BCUT2D eigenvalue weighted by Crippen LogP contribution is 2.15. The average molecular weight is 365 g/mol. The molecule has 0 heterocycles. The van der Waals surface area contributed by atoms with E-state index in [4.69, 9.17) is 9.47 Å². The first-order chi connectivity index (χ1) is 12.3. The zero-order valence-corrected chi connectivity index (χ0v) is 15.6. The molecule has 0 spiro atoms. The van der Waals surface area contributed by atoms with Crippen molar-refractivity contribution in [3.05, 3.63) is 39.9 Å².